The zero-order valence-corrected chi connectivity index (χ0v) is 23.1. The lowest BCUT2D eigenvalue weighted by molar-refractivity contribution is -0.139. The minimum atomic E-state index is -4.07. The first-order valence-corrected chi connectivity index (χ1v) is 13.7. The summed E-state index contributed by atoms with van der Waals surface area (Å²) in [4.78, 5) is 27.7. The van der Waals surface area contributed by atoms with Gasteiger partial charge in [-0.1, -0.05) is 57.9 Å². The highest BCUT2D eigenvalue weighted by molar-refractivity contribution is 9.10. The molecule has 1 N–H and O–H groups in total. The Morgan fingerprint density at radius 1 is 0.944 bits per heavy atom. The maximum atomic E-state index is 13.7. The summed E-state index contributed by atoms with van der Waals surface area (Å²) in [5.41, 5.74) is 2.96. The average Bonchev–Trinajstić information content (AvgIpc) is 2.85. The van der Waals surface area contributed by atoms with Gasteiger partial charge in [0.1, 0.15) is 12.6 Å². The van der Waals surface area contributed by atoms with Crippen LogP contribution in [0.15, 0.2) is 82.2 Å². The number of nitrogens with zero attached hydrogens (tertiary/aromatic N) is 2. The maximum Gasteiger partial charge on any atom is 0.264 e. The molecule has 0 saturated carbocycles. The van der Waals surface area contributed by atoms with Gasteiger partial charge in [-0.2, -0.15) is 0 Å². The number of rotatable bonds is 9. The van der Waals surface area contributed by atoms with Crippen molar-refractivity contribution in [2.45, 2.75) is 38.3 Å². The summed E-state index contributed by atoms with van der Waals surface area (Å²) in [6.45, 7) is 5.03. The van der Waals surface area contributed by atoms with E-state index in [1.54, 1.807) is 37.3 Å². The van der Waals surface area contributed by atoms with Crippen molar-refractivity contribution in [3.8, 4) is 0 Å². The van der Waals surface area contributed by atoms with Crippen LogP contribution in [0.3, 0.4) is 0 Å². The molecule has 1 atom stereocenters. The zero-order chi connectivity index (χ0) is 26.5. The number of carbonyl (C=O) groups excluding carboxylic acids is 2. The SMILES string of the molecule is CNC(=O)[C@H](C)N(Cc1cccc(Br)c1)C(=O)CN(c1cccc(C)c1)S(=O)(=O)c1ccc(C)cc1. The summed E-state index contributed by atoms with van der Waals surface area (Å²) in [5.74, 6) is -0.842. The third kappa shape index (κ3) is 6.53. The monoisotopic (exact) mass is 571 g/mol. The number of carbonyl (C=O) groups is 2. The number of aryl methyl sites for hydroxylation is 2. The quantitative estimate of drug-likeness (QED) is 0.411. The third-order valence-electron chi connectivity index (χ3n) is 5.83. The van der Waals surface area contributed by atoms with Crippen molar-refractivity contribution in [3.63, 3.8) is 0 Å². The second-order valence-corrected chi connectivity index (χ2v) is 11.4. The van der Waals surface area contributed by atoms with Gasteiger partial charge in [0.2, 0.25) is 11.8 Å². The van der Waals surface area contributed by atoms with Crippen LogP contribution in [0.25, 0.3) is 0 Å². The fraction of sp³-hybridized carbons (Fsp3) is 0.259. The number of benzene rings is 3. The predicted octanol–water partition coefficient (Wildman–Crippen LogP) is 4.42. The molecule has 0 bridgehead atoms. The summed E-state index contributed by atoms with van der Waals surface area (Å²) < 4.78 is 29.4. The number of halogens is 1. The maximum absolute atomic E-state index is 13.7. The molecular weight excluding hydrogens is 542 g/mol. The molecule has 0 fully saturated rings. The van der Waals surface area contributed by atoms with E-state index in [9.17, 15) is 18.0 Å². The molecule has 0 radical (unpaired) electrons. The molecule has 36 heavy (non-hydrogen) atoms. The first-order valence-electron chi connectivity index (χ1n) is 11.4. The molecule has 190 valence electrons. The number of amides is 2. The Balaban J connectivity index is 2.03. The van der Waals surface area contributed by atoms with Crippen molar-refractivity contribution in [2.75, 3.05) is 17.9 Å². The Morgan fingerprint density at radius 3 is 2.22 bits per heavy atom. The Bertz CT molecular complexity index is 1340. The number of sulfonamides is 1. The van der Waals surface area contributed by atoms with E-state index in [1.807, 2.05) is 44.2 Å². The highest BCUT2D eigenvalue weighted by atomic mass is 79.9. The van der Waals surface area contributed by atoms with Gasteiger partial charge in [0, 0.05) is 18.1 Å². The van der Waals surface area contributed by atoms with E-state index in [0.717, 1.165) is 25.5 Å². The molecular formula is C27H30BrN3O4S. The number of hydrogen-bond donors (Lipinski definition) is 1. The molecule has 0 aliphatic rings. The Morgan fingerprint density at radius 2 is 1.61 bits per heavy atom. The van der Waals surface area contributed by atoms with Crippen molar-refractivity contribution < 1.29 is 18.0 Å². The van der Waals surface area contributed by atoms with Gasteiger partial charge < -0.3 is 10.2 Å². The summed E-state index contributed by atoms with van der Waals surface area (Å²) in [7, 11) is -2.57. The van der Waals surface area contributed by atoms with Crippen molar-refractivity contribution in [3.05, 3.63) is 94.0 Å². The van der Waals surface area contributed by atoms with E-state index in [4.69, 9.17) is 0 Å². The molecule has 0 aliphatic carbocycles. The van der Waals surface area contributed by atoms with Crippen LogP contribution in [0.1, 0.15) is 23.6 Å². The highest BCUT2D eigenvalue weighted by Gasteiger charge is 2.32. The van der Waals surface area contributed by atoms with Gasteiger partial charge in [0.05, 0.1) is 10.6 Å². The van der Waals surface area contributed by atoms with E-state index in [-0.39, 0.29) is 17.3 Å². The number of hydrogen-bond acceptors (Lipinski definition) is 4. The van der Waals surface area contributed by atoms with E-state index in [1.165, 1.54) is 24.1 Å². The van der Waals surface area contributed by atoms with E-state index < -0.39 is 28.5 Å². The molecule has 9 heteroatoms. The molecule has 0 saturated heterocycles. The zero-order valence-electron chi connectivity index (χ0n) is 20.7. The molecule has 7 nitrogen and oxygen atoms in total. The Hall–Kier alpha value is -3.17. The minimum Gasteiger partial charge on any atom is -0.357 e. The first-order chi connectivity index (χ1) is 17.0. The Kier molecular flexibility index (Phi) is 8.92. The second kappa shape index (κ2) is 11.7. The average molecular weight is 573 g/mol. The van der Waals surface area contributed by atoms with Crippen LogP contribution in [-0.4, -0.2) is 44.8 Å². The van der Waals surface area contributed by atoms with Gasteiger partial charge in [-0.15, -0.1) is 0 Å². The van der Waals surface area contributed by atoms with Crippen LogP contribution in [0.2, 0.25) is 0 Å². The molecule has 3 aromatic rings. The number of anilines is 1. The lowest BCUT2D eigenvalue weighted by Gasteiger charge is -2.32. The molecule has 0 aliphatic heterocycles. The number of nitrogens with one attached hydrogen (secondary N) is 1. The van der Waals surface area contributed by atoms with Crippen LogP contribution in [-0.2, 0) is 26.2 Å². The third-order valence-corrected chi connectivity index (χ3v) is 8.11. The molecule has 0 aromatic heterocycles. The second-order valence-electron chi connectivity index (χ2n) is 8.61. The summed E-state index contributed by atoms with van der Waals surface area (Å²) in [5, 5.41) is 2.58. The van der Waals surface area contributed by atoms with Gasteiger partial charge in [0.25, 0.3) is 10.0 Å². The highest BCUT2D eigenvalue weighted by Crippen LogP contribution is 2.26. The van der Waals surface area contributed by atoms with Crippen LogP contribution < -0.4 is 9.62 Å². The Labute approximate surface area is 221 Å². The van der Waals surface area contributed by atoms with E-state index >= 15 is 0 Å². The fourth-order valence-corrected chi connectivity index (χ4v) is 5.63. The van der Waals surface area contributed by atoms with E-state index in [0.29, 0.717) is 5.69 Å². The molecule has 0 heterocycles. The molecule has 0 unspecified atom stereocenters. The normalized spacial score (nSPS) is 12.0. The fourth-order valence-electron chi connectivity index (χ4n) is 3.77. The standard InChI is InChI=1S/C27H30BrN3O4S/c1-19-11-13-25(14-12-19)36(34,35)31(24-10-5-7-20(2)15-24)18-26(32)30(21(3)27(33)29-4)17-22-8-6-9-23(28)16-22/h5-16,21H,17-18H2,1-4H3,(H,29,33)/t21-/m0/s1. The number of likely N-dealkylation sites (N-methyl/N-ethyl adjacent to an activating group) is 1. The lowest BCUT2D eigenvalue weighted by atomic mass is 10.1. The summed E-state index contributed by atoms with van der Waals surface area (Å²) >= 11 is 3.43. The molecule has 3 aromatic carbocycles. The predicted molar refractivity (Wildman–Crippen MR) is 145 cm³/mol. The van der Waals surface area contributed by atoms with Crippen molar-refractivity contribution in [1.82, 2.24) is 10.2 Å². The molecule has 3 rings (SSSR count). The van der Waals surface area contributed by atoms with Crippen molar-refractivity contribution in [2.24, 2.45) is 0 Å². The molecule has 0 spiro atoms. The topological polar surface area (TPSA) is 86.8 Å². The largest absolute Gasteiger partial charge is 0.357 e. The lowest BCUT2D eigenvalue weighted by Crippen LogP contribution is -2.50. The van der Waals surface area contributed by atoms with Crippen LogP contribution >= 0.6 is 15.9 Å². The van der Waals surface area contributed by atoms with Gasteiger partial charge in [0.15, 0.2) is 0 Å². The minimum absolute atomic E-state index is 0.0836. The summed E-state index contributed by atoms with van der Waals surface area (Å²) in [6, 6.07) is 20.1. The van der Waals surface area contributed by atoms with Gasteiger partial charge in [-0.25, -0.2) is 8.42 Å². The van der Waals surface area contributed by atoms with Crippen LogP contribution in [0, 0.1) is 13.8 Å². The summed E-state index contributed by atoms with van der Waals surface area (Å²) in [6.07, 6.45) is 0. The van der Waals surface area contributed by atoms with Crippen molar-refractivity contribution >= 4 is 43.5 Å². The van der Waals surface area contributed by atoms with Crippen LogP contribution in [0.4, 0.5) is 5.69 Å². The van der Waals surface area contributed by atoms with Gasteiger partial charge in [-0.05, 0) is 68.3 Å². The van der Waals surface area contributed by atoms with Crippen LogP contribution in [0.5, 0.6) is 0 Å². The van der Waals surface area contributed by atoms with Gasteiger partial charge in [-0.3, -0.25) is 13.9 Å². The smallest absolute Gasteiger partial charge is 0.264 e. The first kappa shape index (κ1) is 27.4. The van der Waals surface area contributed by atoms with E-state index in [2.05, 4.69) is 21.2 Å². The molecule has 2 amide bonds. The van der Waals surface area contributed by atoms with Crippen molar-refractivity contribution in [1.29, 1.82) is 0 Å². The van der Waals surface area contributed by atoms with Gasteiger partial charge >= 0.3 is 0 Å².